The Bertz CT molecular complexity index is 500. The number of aliphatic hydroxyl groups is 1. The number of benzene rings is 1. The van der Waals surface area contributed by atoms with Gasteiger partial charge in [-0.05, 0) is 44.4 Å². The summed E-state index contributed by atoms with van der Waals surface area (Å²) in [6, 6.07) is 3.97. The van der Waals surface area contributed by atoms with Crippen LogP contribution in [0.4, 0.5) is 0 Å². The second-order valence-electron chi connectivity index (χ2n) is 4.58. The van der Waals surface area contributed by atoms with Crippen LogP contribution in [0.1, 0.15) is 35.3 Å². The zero-order chi connectivity index (χ0) is 13.9. The number of rotatable bonds is 5. The fourth-order valence-corrected chi connectivity index (χ4v) is 2.74. The van der Waals surface area contributed by atoms with E-state index in [2.05, 4.69) is 4.72 Å². The average Bonchev–Trinajstić information content (AvgIpc) is 2.25. The number of aliphatic hydroxyl groups excluding tert-OH is 1. The van der Waals surface area contributed by atoms with Crippen LogP contribution in [0.15, 0.2) is 12.1 Å². The van der Waals surface area contributed by atoms with Crippen LogP contribution in [0.2, 0.25) is 0 Å². The number of aryl methyl sites for hydroxylation is 3. The number of sulfonamides is 1. The predicted octanol–water partition coefficient (Wildman–Crippen LogP) is 1.58. The predicted molar refractivity (Wildman–Crippen MR) is 73.1 cm³/mol. The molecular formula is C13H21NO3S. The van der Waals surface area contributed by atoms with E-state index in [9.17, 15) is 13.5 Å². The summed E-state index contributed by atoms with van der Waals surface area (Å²) in [5.41, 5.74) is 3.90. The van der Waals surface area contributed by atoms with Gasteiger partial charge in [0, 0.05) is 6.54 Å². The monoisotopic (exact) mass is 271 g/mol. The molecule has 0 aliphatic rings. The highest BCUT2D eigenvalue weighted by Crippen LogP contribution is 2.23. The summed E-state index contributed by atoms with van der Waals surface area (Å²) in [6.45, 7) is 7.42. The van der Waals surface area contributed by atoms with Gasteiger partial charge >= 0.3 is 0 Å². The molecule has 1 rings (SSSR count). The van der Waals surface area contributed by atoms with E-state index in [1.165, 1.54) is 0 Å². The fraction of sp³-hybridized carbons (Fsp3) is 0.538. The molecule has 0 saturated heterocycles. The van der Waals surface area contributed by atoms with Gasteiger partial charge in [0.25, 0.3) is 0 Å². The normalized spacial score (nSPS) is 13.6. The van der Waals surface area contributed by atoms with E-state index in [1.54, 1.807) is 6.92 Å². The lowest BCUT2D eigenvalue weighted by Gasteiger charge is -2.17. The van der Waals surface area contributed by atoms with Crippen molar-refractivity contribution >= 4 is 10.0 Å². The Hall–Kier alpha value is -0.910. The quantitative estimate of drug-likeness (QED) is 0.854. The van der Waals surface area contributed by atoms with E-state index in [0.29, 0.717) is 0 Å². The second kappa shape index (κ2) is 5.82. The average molecular weight is 271 g/mol. The van der Waals surface area contributed by atoms with Gasteiger partial charge in [0.1, 0.15) is 0 Å². The van der Waals surface area contributed by atoms with Crippen LogP contribution in [0, 0.1) is 20.8 Å². The maximum Gasteiger partial charge on any atom is 0.211 e. The summed E-state index contributed by atoms with van der Waals surface area (Å²) in [7, 11) is -3.27. The second-order valence-corrected chi connectivity index (χ2v) is 6.68. The zero-order valence-corrected chi connectivity index (χ0v) is 12.1. The van der Waals surface area contributed by atoms with Crippen LogP contribution < -0.4 is 4.72 Å². The Morgan fingerprint density at radius 1 is 1.22 bits per heavy atom. The molecule has 0 spiro atoms. The van der Waals surface area contributed by atoms with Crippen molar-refractivity contribution in [3.05, 3.63) is 34.4 Å². The Morgan fingerprint density at radius 2 is 1.72 bits per heavy atom. The molecule has 1 unspecified atom stereocenters. The number of nitrogens with one attached hydrogen (secondary N) is 1. The Morgan fingerprint density at radius 3 is 2.17 bits per heavy atom. The third-order valence-corrected chi connectivity index (χ3v) is 4.31. The lowest BCUT2D eigenvalue weighted by molar-refractivity contribution is 0.180. The first-order chi connectivity index (χ1) is 8.26. The molecule has 0 amide bonds. The molecule has 102 valence electrons. The molecule has 1 aromatic carbocycles. The van der Waals surface area contributed by atoms with E-state index >= 15 is 0 Å². The van der Waals surface area contributed by atoms with Gasteiger partial charge in [-0.15, -0.1) is 0 Å². The molecule has 0 radical (unpaired) electrons. The number of hydrogen-bond donors (Lipinski definition) is 2. The summed E-state index contributed by atoms with van der Waals surface area (Å²) in [4.78, 5) is 0. The van der Waals surface area contributed by atoms with Crippen molar-refractivity contribution in [2.45, 2.75) is 33.8 Å². The Kier molecular flexibility index (Phi) is 4.90. The largest absolute Gasteiger partial charge is 0.387 e. The highest BCUT2D eigenvalue weighted by molar-refractivity contribution is 7.89. The van der Waals surface area contributed by atoms with Gasteiger partial charge in [0.2, 0.25) is 10.0 Å². The van der Waals surface area contributed by atoms with Crippen LogP contribution in [0.25, 0.3) is 0 Å². The number of hydrogen-bond acceptors (Lipinski definition) is 3. The Balaban J connectivity index is 2.89. The molecule has 0 saturated carbocycles. The minimum absolute atomic E-state index is 0.0148. The van der Waals surface area contributed by atoms with Crippen molar-refractivity contribution in [3.63, 3.8) is 0 Å². The van der Waals surface area contributed by atoms with Gasteiger partial charge < -0.3 is 5.11 Å². The molecule has 5 heteroatoms. The first-order valence-electron chi connectivity index (χ1n) is 6.00. The van der Waals surface area contributed by atoms with Crippen molar-refractivity contribution in [3.8, 4) is 0 Å². The maximum absolute atomic E-state index is 11.3. The summed E-state index contributed by atoms with van der Waals surface area (Å²) >= 11 is 0. The van der Waals surface area contributed by atoms with Crippen LogP contribution in [-0.2, 0) is 10.0 Å². The maximum atomic E-state index is 11.3. The molecule has 0 aromatic heterocycles. The Labute approximate surface area is 109 Å². The van der Waals surface area contributed by atoms with Crippen LogP contribution in [0.3, 0.4) is 0 Å². The van der Waals surface area contributed by atoms with Crippen LogP contribution in [0.5, 0.6) is 0 Å². The molecule has 2 N–H and O–H groups in total. The van der Waals surface area contributed by atoms with Crippen molar-refractivity contribution in [1.29, 1.82) is 0 Å². The molecular weight excluding hydrogens is 250 g/mol. The molecule has 18 heavy (non-hydrogen) atoms. The standard InChI is InChI=1S/C13H21NO3S/c1-5-18(16,17)14-8-12(15)13-10(3)6-9(2)7-11(13)4/h6-7,12,14-15H,5,8H2,1-4H3. The summed E-state index contributed by atoms with van der Waals surface area (Å²) in [6.07, 6.45) is -0.813. The smallest absolute Gasteiger partial charge is 0.211 e. The summed E-state index contributed by atoms with van der Waals surface area (Å²) in [5.74, 6) is 0.0194. The molecule has 0 bridgehead atoms. The molecule has 0 heterocycles. The lowest BCUT2D eigenvalue weighted by Crippen LogP contribution is -2.30. The minimum Gasteiger partial charge on any atom is -0.387 e. The van der Waals surface area contributed by atoms with Crippen molar-refractivity contribution < 1.29 is 13.5 Å². The van der Waals surface area contributed by atoms with Gasteiger partial charge in [0.05, 0.1) is 11.9 Å². The first-order valence-corrected chi connectivity index (χ1v) is 7.65. The van der Waals surface area contributed by atoms with Gasteiger partial charge in [0.15, 0.2) is 0 Å². The molecule has 0 aliphatic carbocycles. The summed E-state index contributed by atoms with van der Waals surface area (Å²) in [5, 5.41) is 10.1. The van der Waals surface area contributed by atoms with Crippen molar-refractivity contribution in [2.75, 3.05) is 12.3 Å². The minimum atomic E-state index is -3.27. The topological polar surface area (TPSA) is 66.4 Å². The van der Waals surface area contributed by atoms with Crippen LogP contribution >= 0.6 is 0 Å². The summed E-state index contributed by atoms with van der Waals surface area (Å²) < 4.78 is 25.1. The van der Waals surface area contributed by atoms with E-state index < -0.39 is 16.1 Å². The zero-order valence-electron chi connectivity index (χ0n) is 11.3. The van der Waals surface area contributed by atoms with E-state index in [0.717, 1.165) is 22.3 Å². The van der Waals surface area contributed by atoms with E-state index in [1.807, 2.05) is 32.9 Å². The van der Waals surface area contributed by atoms with Gasteiger partial charge in [-0.3, -0.25) is 0 Å². The molecule has 0 fully saturated rings. The van der Waals surface area contributed by atoms with Gasteiger partial charge in [-0.2, -0.15) is 0 Å². The molecule has 1 aromatic rings. The fourth-order valence-electron chi connectivity index (χ4n) is 2.13. The highest BCUT2D eigenvalue weighted by atomic mass is 32.2. The first kappa shape index (κ1) is 15.1. The molecule has 0 aliphatic heterocycles. The molecule has 1 atom stereocenters. The SMILES string of the molecule is CCS(=O)(=O)NCC(O)c1c(C)cc(C)cc1C. The third-order valence-electron chi connectivity index (χ3n) is 2.95. The molecule has 4 nitrogen and oxygen atoms in total. The highest BCUT2D eigenvalue weighted by Gasteiger charge is 2.16. The van der Waals surface area contributed by atoms with E-state index in [4.69, 9.17) is 0 Å². The van der Waals surface area contributed by atoms with Crippen molar-refractivity contribution in [2.24, 2.45) is 0 Å². The lowest BCUT2D eigenvalue weighted by atomic mass is 9.96. The van der Waals surface area contributed by atoms with Crippen molar-refractivity contribution in [1.82, 2.24) is 4.72 Å². The van der Waals surface area contributed by atoms with E-state index in [-0.39, 0.29) is 12.3 Å². The van der Waals surface area contributed by atoms with Crippen LogP contribution in [-0.4, -0.2) is 25.8 Å². The van der Waals surface area contributed by atoms with Gasteiger partial charge in [-0.25, -0.2) is 13.1 Å². The third kappa shape index (κ3) is 3.80. The van der Waals surface area contributed by atoms with Gasteiger partial charge in [-0.1, -0.05) is 17.7 Å².